The molecular formula is C21H20N2O4S2. The van der Waals surface area contributed by atoms with Crippen LogP contribution in [0, 0.1) is 0 Å². The average Bonchev–Trinajstić information content (AvgIpc) is 3.40. The van der Waals surface area contributed by atoms with Crippen molar-refractivity contribution in [2.45, 2.75) is 37.2 Å². The summed E-state index contributed by atoms with van der Waals surface area (Å²) in [5, 5.41) is 2.55. The number of carbonyl (C=O) groups is 1. The fourth-order valence-electron chi connectivity index (χ4n) is 3.28. The third kappa shape index (κ3) is 4.71. The number of aryl methyl sites for hydroxylation is 2. The molecule has 0 saturated heterocycles. The molecule has 0 N–H and O–H groups in total. The summed E-state index contributed by atoms with van der Waals surface area (Å²) in [6, 6.07) is 10.8. The van der Waals surface area contributed by atoms with Crippen molar-refractivity contribution in [1.29, 1.82) is 0 Å². The van der Waals surface area contributed by atoms with Gasteiger partial charge in [-0.1, -0.05) is 12.1 Å². The summed E-state index contributed by atoms with van der Waals surface area (Å²) >= 11 is 1.42. The summed E-state index contributed by atoms with van der Waals surface area (Å²) in [5.41, 5.74) is 3.69. The van der Waals surface area contributed by atoms with Crippen LogP contribution in [-0.4, -0.2) is 30.1 Å². The molecule has 0 atom stereocenters. The maximum atomic E-state index is 12.5. The van der Waals surface area contributed by atoms with E-state index in [1.807, 2.05) is 24.3 Å². The van der Waals surface area contributed by atoms with Crippen LogP contribution in [-0.2, 0) is 38.8 Å². The second kappa shape index (κ2) is 8.42. The Morgan fingerprint density at radius 3 is 2.83 bits per heavy atom. The number of benzene rings is 1. The molecule has 0 bridgehead atoms. The fourth-order valence-corrected chi connectivity index (χ4v) is 5.33. The molecule has 1 aliphatic rings. The van der Waals surface area contributed by atoms with Crippen molar-refractivity contribution in [3.63, 3.8) is 0 Å². The lowest BCUT2D eigenvalue weighted by atomic mass is 10.1. The topological polar surface area (TPSA) is 86.2 Å². The van der Waals surface area contributed by atoms with Crippen LogP contribution in [0.1, 0.15) is 29.7 Å². The molecular weight excluding hydrogens is 408 g/mol. The zero-order valence-corrected chi connectivity index (χ0v) is 17.3. The van der Waals surface area contributed by atoms with E-state index in [2.05, 4.69) is 9.97 Å². The molecule has 0 unspecified atom stereocenters. The second-order valence-electron chi connectivity index (χ2n) is 6.87. The molecule has 4 rings (SSSR count). The Hall–Kier alpha value is -2.58. The number of aromatic nitrogens is 2. The highest BCUT2D eigenvalue weighted by atomic mass is 32.2. The molecule has 2 heterocycles. The number of hydrogen-bond acceptors (Lipinski definition) is 7. The molecule has 0 fully saturated rings. The largest absolute Gasteiger partial charge is 0.459 e. The first-order valence-corrected chi connectivity index (χ1v) is 11.9. The van der Waals surface area contributed by atoms with Crippen LogP contribution in [0.3, 0.4) is 0 Å². The van der Waals surface area contributed by atoms with Gasteiger partial charge in [0.1, 0.15) is 11.6 Å². The van der Waals surface area contributed by atoms with Crippen LogP contribution in [0.2, 0.25) is 0 Å². The number of hydrogen-bond donors (Lipinski definition) is 0. The molecule has 29 heavy (non-hydrogen) atoms. The molecule has 0 radical (unpaired) electrons. The van der Waals surface area contributed by atoms with Crippen LogP contribution in [0.4, 0.5) is 0 Å². The third-order valence-corrected chi connectivity index (χ3v) is 7.45. The van der Waals surface area contributed by atoms with E-state index in [-0.39, 0.29) is 23.7 Å². The Labute approximate surface area is 173 Å². The predicted molar refractivity (Wildman–Crippen MR) is 110 cm³/mol. The maximum Gasteiger partial charge on any atom is 0.307 e. The number of rotatable bonds is 7. The van der Waals surface area contributed by atoms with Gasteiger partial charge in [-0.05, 0) is 54.7 Å². The van der Waals surface area contributed by atoms with E-state index in [1.54, 1.807) is 23.7 Å². The van der Waals surface area contributed by atoms with Gasteiger partial charge in [-0.2, -0.15) is 0 Å². The summed E-state index contributed by atoms with van der Waals surface area (Å²) in [4.78, 5) is 21.0. The van der Waals surface area contributed by atoms with Crippen LogP contribution >= 0.6 is 11.3 Å². The first-order chi connectivity index (χ1) is 14.0. The lowest BCUT2D eigenvalue weighted by Gasteiger charge is -2.07. The van der Waals surface area contributed by atoms with E-state index < -0.39 is 15.8 Å². The standard InChI is InChI=1S/C21H20N2O4S2/c24-20(27-13-17-14-28-21(23-17)19-6-1-2-10-22-19)9-11-29(25,26)18-8-7-15-4-3-5-16(15)12-18/h1-2,6-8,10,12,14H,3-5,9,11,13H2. The fraction of sp³-hybridized carbons (Fsp3) is 0.286. The van der Waals surface area contributed by atoms with Gasteiger partial charge in [0.2, 0.25) is 0 Å². The summed E-state index contributed by atoms with van der Waals surface area (Å²) in [6.45, 7) is 0.0149. The SMILES string of the molecule is O=C(CCS(=O)(=O)c1ccc2c(c1)CCC2)OCc1csc(-c2ccccn2)n1. The molecule has 2 aromatic heterocycles. The Kier molecular flexibility index (Phi) is 5.73. The summed E-state index contributed by atoms with van der Waals surface area (Å²) in [5.74, 6) is -0.817. The van der Waals surface area contributed by atoms with Crippen molar-refractivity contribution >= 4 is 27.1 Å². The molecule has 6 nitrogen and oxygen atoms in total. The zero-order valence-electron chi connectivity index (χ0n) is 15.7. The van der Waals surface area contributed by atoms with Crippen molar-refractivity contribution in [1.82, 2.24) is 9.97 Å². The molecule has 0 spiro atoms. The van der Waals surface area contributed by atoms with Crippen LogP contribution in [0.5, 0.6) is 0 Å². The molecule has 1 aliphatic carbocycles. The average molecular weight is 429 g/mol. The van der Waals surface area contributed by atoms with Crippen molar-refractivity contribution in [3.8, 4) is 10.7 Å². The Bertz CT molecular complexity index is 1120. The summed E-state index contributed by atoms with van der Waals surface area (Å²) in [6.07, 6.45) is 4.48. The van der Waals surface area contributed by atoms with Gasteiger partial charge in [-0.3, -0.25) is 9.78 Å². The number of thiazole rings is 1. The molecule has 8 heteroatoms. The van der Waals surface area contributed by atoms with Crippen LogP contribution in [0.25, 0.3) is 10.7 Å². The quantitative estimate of drug-likeness (QED) is 0.535. The Morgan fingerprint density at radius 2 is 2.00 bits per heavy atom. The number of fused-ring (bicyclic) bond motifs is 1. The molecule has 1 aromatic carbocycles. The molecule has 0 aliphatic heterocycles. The third-order valence-electron chi connectivity index (χ3n) is 4.82. The van der Waals surface area contributed by atoms with E-state index in [0.29, 0.717) is 5.69 Å². The van der Waals surface area contributed by atoms with Gasteiger partial charge in [-0.25, -0.2) is 13.4 Å². The van der Waals surface area contributed by atoms with E-state index in [1.165, 1.54) is 16.9 Å². The first kappa shape index (κ1) is 19.7. The second-order valence-corrected chi connectivity index (χ2v) is 9.84. The number of pyridine rings is 1. The van der Waals surface area contributed by atoms with E-state index in [4.69, 9.17) is 4.74 Å². The lowest BCUT2D eigenvalue weighted by Crippen LogP contribution is -2.14. The van der Waals surface area contributed by atoms with Crippen molar-refractivity contribution in [2.75, 3.05) is 5.75 Å². The molecule has 3 aromatic rings. The zero-order chi connectivity index (χ0) is 20.3. The van der Waals surface area contributed by atoms with Gasteiger partial charge < -0.3 is 4.74 Å². The van der Waals surface area contributed by atoms with E-state index >= 15 is 0 Å². The molecule has 150 valence electrons. The Balaban J connectivity index is 1.30. The van der Waals surface area contributed by atoms with E-state index in [0.717, 1.165) is 35.5 Å². The van der Waals surface area contributed by atoms with Gasteiger partial charge in [0.05, 0.1) is 28.5 Å². The van der Waals surface area contributed by atoms with Gasteiger partial charge >= 0.3 is 5.97 Å². The highest BCUT2D eigenvalue weighted by Crippen LogP contribution is 2.25. The number of ether oxygens (including phenoxy) is 1. The maximum absolute atomic E-state index is 12.5. The number of nitrogens with zero attached hydrogens (tertiary/aromatic N) is 2. The normalized spacial score (nSPS) is 13.2. The predicted octanol–water partition coefficient (Wildman–Crippen LogP) is 3.60. The Morgan fingerprint density at radius 1 is 1.14 bits per heavy atom. The van der Waals surface area contributed by atoms with Gasteiger partial charge in [0, 0.05) is 11.6 Å². The van der Waals surface area contributed by atoms with Crippen molar-refractivity contribution in [3.05, 3.63) is 64.8 Å². The smallest absolute Gasteiger partial charge is 0.307 e. The van der Waals surface area contributed by atoms with E-state index in [9.17, 15) is 13.2 Å². The number of sulfone groups is 1. The van der Waals surface area contributed by atoms with Gasteiger partial charge in [-0.15, -0.1) is 11.3 Å². The minimum atomic E-state index is -3.51. The van der Waals surface area contributed by atoms with Crippen molar-refractivity contribution in [2.24, 2.45) is 0 Å². The minimum Gasteiger partial charge on any atom is -0.459 e. The highest BCUT2D eigenvalue weighted by molar-refractivity contribution is 7.91. The lowest BCUT2D eigenvalue weighted by molar-refractivity contribution is -0.144. The van der Waals surface area contributed by atoms with Crippen LogP contribution in [0.15, 0.2) is 52.9 Å². The monoisotopic (exact) mass is 428 g/mol. The molecule has 0 saturated carbocycles. The summed E-state index contributed by atoms with van der Waals surface area (Å²) in [7, 11) is -3.51. The van der Waals surface area contributed by atoms with Crippen molar-refractivity contribution < 1.29 is 17.9 Å². The number of esters is 1. The van der Waals surface area contributed by atoms with Crippen LogP contribution < -0.4 is 0 Å². The summed E-state index contributed by atoms with van der Waals surface area (Å²) < 4.78 is 30.3. The first-order valence-electron chi connectivity index (χ1n) is 9.37. The minimum absolute atomic E-state index is 0.0149. The number of carbonyl (C=O) groups excluding carboxylic acids is 1. The van der Waals surface area contributed by atoms with Gasteiger partial charge in [0.15, 0.2) is 9.84 Å². The molecule has 0 amide bonds. The highest BCUT2D eigenvalue weighted by Gasteiger charge is 2.20. The van der Waals surface area contributed by atoms with Gasteiger partial charge in [0.25, 0.3) is 0 Å².